The van der Waals surface area contributed by atoms with Crippen molar-refractivity contribution >= 4 is 45.8 Å². The van der Waals surface area contributed by atoms with Crippen LogP contribution in [-0.2, 0) is 0 Å². The molecule has 0 fully saturated rings. The molecule has 1 heterocycles. The predicted octanol–water partition coefficient (Wildman–Crippen LogP) is 2.22. The van der Waals surface area contributed by atoms with E-state index < -0.39 is 0 Å². The van der Waals surface area contributed by atoms with Gasteiger partial charge in [0.05, 0.1) is 11.3 Å². The Labute approximate surface area is 128 Å². The number of benzene rings is 2. The summed E-state index contributed by atoms with van der Waals surface area (Å²) in [5.74, 6) is -0.367. The Morgan fingerprint density at radius 1 is 1.15 bits per heavy atom. The first-order valence-electron chi connectivity index (χ1n) is 5.92. The maximum Gasteiger partial charge on any atom is 0.310 e. The van der Waals surface area contributed by atoms with Crippen LogP contribution in [0.3, 0.4) is 0 Å². The summed E-state index contributed by atoms with van der Waals surface area (Å²) in [6.07, 6.45) is 0. The first kappa shape index (κ1) is 13.3. The molecule has 2 amide bonds. The van der Waals surface area contributed by atoms with Crippen molar-refractivity contribution < 1.29 is 9.59 Å². The topological polar surface area (TPSA) is 58.2 Å². The van der Waals surface area contributed by atoms with E-state index in [9.17, 15) is 9.59 Å². The third-order valence-corrected chi connectivity index (χ3v) is 4.39. The molecule has 2 radical (unpaired) electrons. The Kier molecular flexibility index (Phi) is 3.53. The largest absolute Gasteiger partial charge is 0.459 e. The molecule has 2 aromatic carbocycles. The molecule has 3 rings (SSSR count). The second-order valence-corrected chi connectivity index (χ2v) is 5.61. The van der Waals surface area contributed by atoms with E-state index in [2.05, 4.69) is 26.1 Å². The van der Waals surface area contributed by atoms with E-state index in [0.29, 0.717) is 16.8 Å². The van der Waals surface area contributed by atoms with E-state index in [4.69, 9.17) is 0 Å². The lowest BCUT2D eigenvalue weighted by molar-refractivity contribution is 0.0979. The van der Waals surface area contributed by atoms with Gasteiger partial charge in [0.1, 0.15) is 0 Å². The van der Waals surface area contributed by atoms with E-state index >= 15 is 0 Å². The van der Waals surface area contributed by atoms with Crippen molar-refractivity contribution in [3.8, 4) is 0 Å². The summed E-state index contributed by atoms with van der Waals surface area (Å²) in [5, 5.41) is 2.85. The molecule has 0 aromatic heterocycles. The van der Waals surface area contributed by atoms with Gasteiger partial charge >= 0.3 is 16.5 Å². The maximum absolute atomic E-state index is 12.2. The van der Waals surface area contributed by atoms with Gasteiger partial charge in [0.15, 0.2) is 0 Å². The van der Waals surface area contributed by atoms with Gasteiger partial charge in [-0.05, 0) is 30.3 Å². The Bertz CT molecular complexity index is 718. The minimum atomic E-state index is -0.209. The van der Waals surface area contributed by atoms with Crippen LogP contribution in [-0.4, -0.2) is 28.3 Å². The quantitative estimate of drug-likeness (QED) is 0.793. The number of carbonyl (C=O) groups is 2. The molecule has 0 atom stereocenters. The second kappa shape index (κ2) is 5.33. The number of nitrogens with one attached hydrogen (secondary N) is 2. The van der Waals surface area contributed by atoms with Crippen molar-refractivity contribution in [3.63, 3.8) is 0 Å². The summed E-state index contributed by atoms with van der Waals surface area (Å²) in [4.78, 5) is 25.7. The SMILES string of the molecule is O=C([NH][Al])c1ccc2c(c1)NC(=O)c1ccccc1S2. The van der Waals surface area contributed by atoms with Crippen LogP contribution in [0.1, 0.15) is 20.7 Å². The van der Waals surface area contributed by atoms with E-state index in [-0.39, 0.29) is 11.8 Å². The summed E-state index contributed by atoms with van der Waals surface area (Å²) >= 11 is 3.68. The highest BCUT2D eigenvalue weighted by Gasteiger charge is 2.20. The highest BCUT2D eigenvalue weighted by Crippen LogP contribution is 2.38. The van der Waals surface area contributed by atoms with Crippen molar-refractivity contribution in [2.24, 2.45) is 0 Å². The zero-order valence-corrected chi connectivity index (χ0v) is 12.3. The average Bonchev–Trinajstić information content (AvgIpc) is 2.62. The van der Waals surface area contributed by atoms with Crippen LogP contribution < -0.4 is 9.62 Å². The fourth-order valence-corrected chi connectivity index (χ4v) is 3.17. The van der Waals surface area contributed by atoms with Crippen LogP contribution in [0.15, 0.2) is 52.3 Å². The van der Waals surface area contributed by atoms with Crippen molar-refractivity contribution in [3.05, 3.63) is 53.6 Å². The van der Waals surface area contributed by atoms with Gasteiger partial charge < -0.3 is 9.62 Å². The molecule has 2 aromatic rings. The normalized spacial score (nSPS) is 12.7. The van der Waals surface area contributed by atoms with Crippen LogP contribution in [0.4, 0.5) is 5.69 Å². The first-order valence-corrected chi connectivity index (χ1v) is 7.31. The minimum Gasteiger partial charge on any atom is -0.459 e. The number of anilines is 1. The van der Waals surface area contributed by atoms with Gasteiger partial charge in [-0.2, -0.15) is 0 Å². The van der Waals surface area contributed by atoms with Crippen LogP contribution in [0.25, 0.3) is 0 Å². The van der Waals surface area contributed by atoms with Crippen LogP contribution in [0, 0.1) is 0 Å². The predicted molar refractivity (Wildman–Crippen MR) is 78.2 cm³/mol. The molecule has 4 nitrogen and oxygen atoms in total. The minimum absolute atomic E-state index is 0.157. The summed E-state index contributed by atoms with van der Waals surface area (Å²) < 4.78 is 2.49. The molecular formula is C14H9AlN2O2S. The molecule has 2 N–H and O–H groups in total. The highest BCUT2D eigenvalue weighted by atomic mass is 32.2. The van der Waals surface area contributed by atoms with Gasteiger partial charge in [0.25, 0.3) is 5.91 Å². The van der Waals surface area contributed by atoms with Crippen molar-refractivity contribution in [2.45, 2.75) is 9.79 Å². The highest BCUT2D eigenvalue weighted by molar-refractivity contribution is 7.99. The number of carbonyl (C=O) groups excluding carboxylic acids is 2. The van der Waals surface area contributed by atoms with Crippen molar-refractivity contribution in [2.75, 3.05) is 5.32 Å². The molecule has 6 heteroatoms. The van der Waals surface area contributed by atoms with Gasteiger partial charge in [0.2, 0.25) is 5.91 Å². The smallest absolute Gasteiger partial charge is 0.310 e. The molecule has 96 valence electrons. The zero-order chi connectivity index (χ0) is 14.1. The Hall–Kier alpha value is -1.74. The third-order valence-electron chi connectivity index (χ3n) is 2.97. The molecular weight excluding hydrogens is 287 g/mol. The summed E-state index contributed by atoms with van der Waals surface area (Å²) in [5.41, 5.74) is 1.80. The summed E-state index contributed by atoms with van der Waals surface area (Å²) in [6.45, 7) is 0. The van der Waals surface area contributed by atoms with Gasteiger partial charge in [-0.3, -0.25) is 9.59 Å². The maximum atomic E-state index is 12.2. The van der Waals surface area contributed by atoms with E-state index in [1.165, 1.54) is 11.8 Å². The van der Waals surface area contributed by atoms with Gasteiger partial charge in [-0.15, -0.1) is 0 Å². The number of hydrogen-bond acceptors (Lipinski definition) is 3. The van der Waals surface area contributed by atoms with E-state index in [1.807, 2.05) is 24.3 Å². The molecule has 0 unspecified atom stereocenters. The summed E-state index contributed by atoms with van der Waals surface area (Å²) in [7, 11) is 0. The second-order valence-electron chi connectivity index (χ2n) is 4.24. The monoisotopic (exact) mass is 296 g/mol. The van der Waals surface area contributed by atoms with Crippen molar-refractivity contribution in [1.29, 1.82) is 0 Å². The van der Waals surface area contributed by atoms with Crippen LogP contribution in [0.5, 0.6) is 0 Å². The Morgan fingerprint density at radius 2 is 1.95 bits per heavy atom. The summed E-state index contributed by atoms with van der Waals surface area (Å²) in [6, 6.07) is 12.7. The molecule has 20 heavy (non-hydrogen) atoms. The van der Waals surface area contributed by atoms with Crippen LogP contribution >= 0.6 is 11.8 Å². The molecule has 0 aliphatic carbocycles. The number of rotatable bonds is 1. The van der Waals surface area contributed by atoms with Gasteiger partial charge in [0, 0.05) is 15.4 Å². The molecule has 0 bridgehead atoms. The molecule has 0 saturated heterocycles. The van der Waals surface area contributed by atoms with Crippen molar-refractivity contribution in [1.82, 2.24) is 4.30 Å². The lowest BCUT2D eigenvalue weighted by Gasteiger charge is -2.08. The van der Waals surface area contributed by atoms with Gasteiger partial charge in [-0.25, -0.2) is 0 Å². The van der Waals surface area contributed by atoms with E-state index in [1.54, 1.807) is 18.2 Å². The number of hydrogen-bond donors (Lipinski definition) is 2. The number of amides is 2. The van der Waals surface area contributed by atoms with Gasteiger partial charge in [-0.1, -0.05) is 23.9 Å². The molecule has 1 aliphatic rings. The number of fused-ring (bicyclic) bond motifs is 2. The fraction of sp³-hybridized carbons (Fsp3) is 0. The Balaban J connectivity index is 2.07. The molecule has 0 saturated carbocycles. The molecule has 0 spiro atoms. The zero-order valence-electron chi connectivity index (χ0n) is 10.3. The molecule has 1 aliphatic heterocycles. The fourth-order valence-electron chi connectivity index (χ4n) is 1.99. The van der Waals surface area contributed by atoms with E-state index in [0.717, 1.165) is 9.79 Å². The Morgan fingerprint density at radius 3 is 2.75 bits per heavy atom. The lowest BCUT2D eigenvalue weighted by Crippen LogP contribution is -2.20. The third kappa shape index (κ3) is 2.34. The van der Waals surface area contributed by atoms with Crippen LogP contribution in [0.2, 0.25) is 0 Å². The average molecular weight is 296 g/mol. The first-order chi connectivity index (χ1) is 9.69. The lowest BCUT2D eigenvalue weighted by atomic mass is 10.1. The standard InChI is InChI=1S/C14H10N2O2S.Al/c15-13(17)8-5-6-12-10(7-8)16-14(18)9-3-1-2-4-11(9)19-12;/h1-7H,(H3,15,16,17,18);/q;+1/p-1.